The average molecular weight is 230 g/mol. The number of benzene rings is 1. The Bertz CT molecular complexity index is 615. The number of carbonyl (C=O) groups is 1. The number of rotatable bonds is 4. The third kappa shape index (κ3) is 1.80. The smallest absolute Gasteiger partial charge is 0.272 e. The Labute approximate surface area is 96.7 Å². The molecule has 0 bridgehead atoms. The molecular formula is C11H10N4O2. The summed E-state index contributed by atoms with van der Waals surface area (Å²) in [7, 11) is 0. The van der Waals surface area contributed by atoms with Gasteiger partial charge < -0.3 is 10.3 Å². The lowest BCUT2D eigenvalue weighted by atomic mass is 10.2. The summed E-state index contributed by atoms with van der Waals surface area (Å²) in [6, 6.07) is 4.80. The largest absolute Gasteiger partial charge is 0.366 e. The number of nitrogens with zero attached hydrogens (tertiary/aromatic N) is 3. The van der Waals surface area contributed by atoms with Crippen molar-refractivity contribution in [2.75, 3.05) is 0 Å². The van der Waals surface area contributed by atoms with Gasteiger partial charge in [-0.25, -0.2) is 4.98 Å². The normalized spacial score (nSPS) is 10.4. The number of nitroso groups, excluding NO2 is 1. The molecule has 0 atom stereocenters. The van der Waals surface area contributed by atoms with Crippen LogP contribution in [0, 0.1) is 4.91 Å². The molecule has 17 heavy (non-hydrogen) atoms. The van der Waals surface area contributed by atoms with E-state index in [2.05, 4.69) is 16.7 Å². The van der Waals surface area contributed by atoms with Gasteiger partial charge in [0.05, 0.1) is 11.0 Å². The quantitative estimate of drug-likeness (QED) is 0.640. The van der Waals surface area contributed by atoms with E-state index in [4.69, 9.17) is 5.73 Å². The van der Waals surface area contributed by atoms with Crippen molar-refractivity contribution in [3.8, 4) is 0 Å². The summed E-state index contributed by atoms with van der Waals surface area (Å²) in [5, 5.41) is 2.84. The van der Waals surface area contributed by atoms with Gasteiger partial charge in [-0.1, -0.05) is 6.08 Å². The van der Waals surface area contributed by atoms with Crippen LogP contribution < -0.4 is 5.73 Å². The molecule has 2 N–H and O–H groups in total. The summed E-state index contributed by atoms with van der Waals surface area (Å²) < 4.78 is 1.61. The molecule has 0 fully saturated rings. The number of nitrogens with two attached hydrogens (primary N) is 1. The van der Waals surface area contributed by atoms with Crippen LogP contribution in [0.2, 0.25) is 0 Å². The Hall–Kier alpha value is -2.50. The van der Waals surface area contributed by atoms with Crippen LogP contribution in [0.25, 0.3) is 11.0 Å². The molecule has 6 heteroatoms. The van der Waals surface area contributed by atoms with E-state index in [0.29, 0.717) is 23.1 Å². The topological polar surface area (TPSA) is 90.3 Å². The number of aromatic nitrogens is 2. The fraction of sp³-hybridized carbons (Fsp3) is 0.0909. The van der Waals surface area contributed by atoms with Crippen molar-refractivity contribution in [3.63, 3.8) is 0 Å². The highest BCUT2D eigenvalue weighted by atomic mass is 16.3. The maximum Gasteiger partial charge on any atom is 0.272 e. The van der Waals surface area contributed by atoms with Crippen LogP contribution in [0.1, 0.15) is 10.4 Å². The second kappa shape index (κ2) is 4.17. The summed E-state index contributed by atoms with van der Waals surface area (Å²) in [5.74, 6) is -0.479. The van der Waals surface area contributed by atoms with Crippen LogP contribution in [0.15, 0.2) is 36.0 Å². The summed E-state index contributed by atoms with van der Waals surface area (Å²) in [4.78, 5) is 25.7. The number of primary amides is 1. The van der Waals surface area contributed by atoms with Crippen LogP contribution in [0.3, 0.4) is 0 Å². The van der Waals surface area contributed by atoms with Gasteiger partial charge in [0, 0.05) is 17.3 Å². The molecule has 1 heterocycles. The van der Waals surface area contributed by atoms with E-state index >= 15 is 0 Å². The molecule has 86 valence electrons. The number of allylic oxidation sites excluding steroid dienone is 1. The summed E-state index contributed by atoms with van der Waals surface area (Å²) >= 11 is 0. The van der Waals surface area contributed by atoms with Gasteiger partial charge >= 0.3 is 0 Å². The van der Waals surface area contributed by atoms with Gasteiger partial charge in [-0.15, -0.1) is 11.5 Å². The second-order valence-corrected chi connectivity index (χ2v) is 3.47. The number of fused-ring (bicyclic) bond motifs is 1. The van der Waals surface area contributed by atoms with Gasteiger partial charge in [0.1, 0.15) is 0 Å². The molecule has 1 amide bonds. The van der Waals surface area contributed by atoms with Gasteiger partial charge in [-0.05, 0) is 18.2 Å². The van der Waals surface area contributed by atoms with E-state index < -0.39 is 5.91 Å². The van der Waals surface area contributed by atoms with E-state index in [9.17, 15) is 9.70 Å². The Morgan fingerprint density at radius 1 is 1.59 bits per heavy atom. The first-order valence-electron chi connectivity index (χ1n) is 4.91. The zero-order valence-electron chi connectivity index (χ0n) is 8.96. The molecule has 0 aliphatic heterocycles. The summed E-state index contributed by atoms with van der Waals surface area (Å²) in [6.07, 6.45) is 1.64. The molecule has 1 aromatic carbocycles. The molecule has 0 radical (unpaired) electrons. The maximum atomic E-state index is 11.0. The number of imidazole rings is 1. The van der Waals surface area contributed by atoms with Crippen molar-refractivity contribution in [3.05, 3.63) is 41.3 Å². The highest BCUT2D eigenvalue weighted by Gasteiger charge is 2.11. The first-order valence-corrected chi connectivity index (χ1v) is 4.91. The molecule has 0 saturated carbocycles. The van der Waals surface area contributed by atoms with Crippen molar-refractivity contribution in [1.82, 2.24) is 9.55 Å². The molecule has 2 rings (SSSR count). The van der Waals surface area contributed by atoms with E-state index in [1.807, 2.05) is 0 Å². The Morgan fingerprint density at radius 3 is 2.94 bits per heavy atom. The predicted octanol–water partition coefficient (Wildman–Crippen LogP) is 1.72. The number of amides is 1. The second-order valence-electron chi connectivity index (χ2n) is 3.47. The minimum atomic E-state index is -0.536. The van der Waals surface area contributed by atoms with Crippen LogP contribution in [-0.2, 0) is 6.54 Å². The molecule has 2 aromatic rings. The van der Waals surface area contributed by atoms with Crippen molar-refractivity contribution in [1.29, 1.82) is 0 Å². The number of carbonyl (C=O) groups excluding carboxylic acids is 1. The lowest BCUT2D eigenvalue weighted by Gasteiger charge is -2.00. The van der Waals surface area contributed by atoms with Crippen molar-refractivity contribution in [2.45, 2.75) is 6.54 Å². The Kier molecular flexibility index (Phi) is 2.70. The fourth-order valence-electron chi connectivity index (χ4n) is 1.65. The van der Waals surface area contributed by atoms with Crippen molar-refractivity contribution in [2.24, 2.45) is 10.9 Å². The molecule has 0 aliphatic carbocycles. The molecule has 6 nitrogen and oxygen atoms in total. The van der Waals surface area contributed by atoms with Crippen LogP contribution in [0.5, 0.6) is 0 Å². The number of hydrogen-bond donors (Lipinski definition) is 1. The van der Waals surface area contributed by atoms with Crippen LogP contribution >= 0.6 is 0 Å². The Morgan fingerprint density at radius 2 is 2.35 bits per heavy atom. The van der Waals surface area contributed by atoms with Crippen molar-refractivity contribution < 1.29 is 4.79 Å². The highest BCUT2D eigenvalue weighted by Crippen LogP contribution is 2.22. The Balaban J connectivity index is 2.69. The lowest BCUT2D eigenvalue weighted by Crippen LogP contribution is -2.10. The SMILES string of the molecule is C=CCn1c(N=O)nc2cc(C(N)=O)ccc21. The van der Waals surface area contributed by atoms with Crippen LogP contribution in [0.4, 0.5) is 5.95 Å². The van der Waals surface area contributed by atoms with E-state index in [1.54, 1.807) is 22.8 Å². The van der Waals surface area contributed by atoms with Crippen molar-refractivity contribution >= 4 is 22.9 Å². The molecule has 0 unspecified atom stereocenters. The third-order valence-electron chi connectivity index (χ3n) is 2.41. The van der Waals surface area contributed by atoms with E-state index in [1.165, 1.54) is 6.07 Å². The first-order chi connectivity index (χ1) is 8.17. The summed E-state index contributed by atoms with van der Waals surface area (Å²) in [6.45, 7) is 4.02. The minimum Gasteiger partial charge on any atom is -0.366 e. The number of hydrogen-bond acceptors (Lipinski definition) is 4. The van der Waals surface area contributed by atoms with E-state index in [-0.39, 0.29) is 5.95 Å². The van der Waals surface area contributed by atoms with Gasteiger partial charge in [0.25, 0.3) is 5.95 Å². The third-order valence-corrected chi connectivity index (χ3v) is 2.41. The first kappa shape index (κ1) is 11.0. The molecular weight excluding hydrogens is 220 g/mol. The average Bonchev–Trinajstić information content (AvgIpc) is 2.67. The van der Waals surface area contributed by atoms with Gasteiger partial charge in [0.2, 0.25) is 5.91 Å². The van der Waals surface area contributed by atoms with Gasteiger partial charge in [-0.2, -0.15) is 0 Å². The molecule has 0 spiro atoms. The standard InChI is InChI=1S/C11H10N4O2/c1-2-5-15-9-4-3-7(10(12)16)6-8(9)13-11(15)14-17/h2-4,6H,1,5H2,(H2,12,16). The molecule has 1 aromatic heterocycles. The van der Waals surface area contributed by atoms with Crippen LogP contribution in [-0.4, -0.2) is 15.5 Å². The monoisotopic (exact) mass is 230 g/mol. The lowest BCUT2D eigenvalue weighted by molar-refractivity contribution is 0.100. The maximum absolute atomic E-state index is 11.0. The van der Waals surface area contributed by atoms with E-state index in [0.717, 1.165) is 0 Å². The molecule has 0 aliphatic rings. The zero-order valence-corrected chi connectivity index (χ0v) is 8.96. The highest BCUT2D eigenvalue weighted by molar-refractivity contribution is 5.96. The summed E-state index contributed by atoms with van der Waals surface area (Å²) in [5.41, 5.74) is 6.74. The molecule has 0 saturated heterocycles. The van der Waals surface area contributed by atoms with Gasteiger partial charge in [0.15, 0.2) is 0 Å². The minimum absolute atomic E-state index is 0.0570. The predicted molar refractivity (Wildman–Crippen MR) is 63.9 cm³/mol. The van der Waals surface area contributed by atoms with Gasteiger partial charge in [-0.3, -0.25) is 4.79 Å². The fourth-order valence-corrected chi connectivity index (χ4v) is 1.65. The zero-order chi connectivity index (χ0) is 12.4.